The topological polar surface area (TPSA) is 29.5 Å². The summed E-state index contributed by atoms with van der Waals surface area (Å²) in [5.41, 5.74) is 0.0373. The van der Waals surface area contributed by atoms with E-state index in [-0.39, 0.29) is 5.54 Å². The summed E-state index contributed by atoms with van der Waals surface area (Å²) in [6, 6.07) is 0. The Bertz CT molecular complexity index is 177. The summed E-state index contributed by atoms with van der Waals surface area (Å²) in [5, 5.41) is 0. The highest BCUT2D eigenvalue weighted by Gasteiger charge is 2.36. The van der Waals surface area contributed by atoms with E-state index < -0.39 is 0 Å². The van der Waals surface area contributed by atoms with Gasteiger partial charge in [0.2, 0.25) is 0 Å². The zero-order valence-corrected chi connectivity index (χ0v) is 8.09. The van der Waals surface area contributed by atoms with E-state index in [4.69, 9.17) is 4.74 Å². The maximum Gasteiger partial charge on any atom is 0.148 e. The molecule has 0 saturated carbocycles. The van der Waals surface area contributed by atoms with Gasteiger partial charge in [-0.05, 0) is 13.8 Å². The summed E-state index contributed by atoms with van der Waals surface area (Å²) in [6.45, 7) is 6.36. The predicted molar refractivity (Wildman–Crippen MR) is 47.2 cm³/mol. The second-order valence-corrected chi connectivity index (χ2v) is 3.94. The van der Waals surface area contributed by atoms with Crippen molar-refractivity contribution in [2.45, 2.75) is 25.8 Å². The fourth-order valence-corrected chi connectivity index (χ4v) is 1.66. The van der Waals surface area contributed by atoms with Gasteiger partial charge < -0.3 is 4.74 Å². The fraction of sp³-hybridized carbons (Fsp3) is 0.889. The summed E-state index contributed by atoms with van der Waals surface area (Å²) < 4.78 is 4.98. The molecule has 0 atom stereocenters. The zero-order chi connectivity index (χ0) is 9.19. The molecule has 12 heavy (non-hydrogen) atoms. The summed E-state index contributed by atoms with van der Waals surface area (Å²) in [6.07, 6.45) is 0.677. The number of carbonyl (C=O) groups is 1. The standard InChI is InChI=1S/C9H17NO2/c1-9(2)6-8(11)7-10(9)4-5-12-3/h4-7H2,1-3H3. The average molecular weight is 171 g/mol. The molecule has 3 heteroatoms. The fourth-order valence-electron chi connectivity index (χ4n) is 1.66. The molecular weight excluding hydrogens is 154 g/mol. The van der Waals surface area contributed by atoms with Gasteiger partial charge >= 0.3 is 0 Å². The lowest BCUT2D eigenvalue weighted by atomic mass is 10.0. The number of ketones is 1. The van der Waals surface area contributed by atoms with Gasteiger partial charge in [0, 0.05) is 25.6 Å². The number of hydrogen-bond donors (Lipinski definition) is 0. The maximum atomic E-state index is 11.1. The molecule has 0 unspecified atom stereocenters. The van der Waals surface area contributed by atoms with Crippen LogP contribution in [0.2, 0.25) is 0 Å². The Labute approximate surface area is 73.7 Å². The first-order valence-electron chi connectivity index (χ1n) is 4.32. The van der Waals surface area contributed by atoms with Crippen molar-refractivity contribution < 1.29 is 9.53 Å². The van der Waals surface area contributed by atoms with Crippen LogP contribution >= 0.6 is 0 Å². The van der Waals surface area contributed by atoms with Gasteiger partial charge in [0.15, 0.2) is 0 Å². The van der Waals surface area contributed by atoms with Crippen molar-refractivity contribution in [1.29, 1.82) is 0 Å². The minimum absolute atomic E-state index is 0.0373. The third-order valence-electron chi connectivity index (χ3n) is 2.42. The molecule has 0 amide bonds. The van der Waals surface area contributed by atoms with Gasteiger partial charge in [-0.15, -0.1) is 0 Å². The molecule has 1 heterocycles. The Balaban J connectivity index is 2.47. The van der Waals surface area contributed by atoms with E-state index in [0.717, 1.165) is 6.54 Å². The highest BCUT2D eigenvalue weighted by atomic mass is 16.5. The number of hydrogen-bond acceptors (Lipinski definition) is 3. The van der Waals surface area contributed by atoms with Crippen molar-refractivity contribution in [2.75, 3.05) is 26.8 Å². The van der Waals surface area contributed by atoms with Crippen LogP contribution in [0.25, 0.3) is 0 Å². The molecular formula is C9H17NO2. The molecule has 0 radical (unpaired) electrons. The van der Waals surface area contributed by atoms with Crippen molar-refractivity contribution in [3.8, 4) is 0 Å². The largest absolute Gasteiger partial charge is 0.383 e. The number of Topliss-reactive ketones (excluding diaryl/α,β-unsaturated/α-hetero) is 1. The van der Waals surface area contributed by atoms with Crippen LogP contribution in [-0.4, -0.2) is 43.0 Å². The van der Waals surface area contributed by atoms with Crippen molar-refractivity contribution >= 4 is 5.78 Å². The van der Waals surface area contributed by atoms with Crippen LogP contribution in [0.5, 0.6) is 0 Å². The molecule has 3 nitrogen and oxygen atoms in total. The Morgan fingerprint density at radius 2 is 2.25 bits per heavy atom. The van der Waals surface area contributed by atoms with Gasteiger partial charge in [-0.25, -0.2) is 0 Å². The van der Waals surface area contributed by atoms with Gasteiger partial charge in [0.05, 0.1) is 13.2 Å². The molecule has 0 aromatic rings. The van der Waals surface area contributed by atoms with Gasteiger partial charge in [-0.1, -0.05) is 0 Å². The van der Waals surface area contributed by atoms with Crippen molar-refractivity contribution in [3.05, 3.63) is 0 Å². The second kappa shape index (κ2) is 3.54. The molecule has 1 aliphatic heterocycles. The lowest BCUT2D eigenvalue weighted by Crippen LogP contribution is -2.40. The molecule has 70 valence electrons. The van der Waals surface area contributed by atoms with E-state index in [1.807, 2.05) is 0 Å². The minimum atomic E-state index is 0.0373. The summed E-state index contributed by atoms with van der Waals surface area (Å²) in [4.78, 5) is 13.3. The maximum absolute atomic E-state index is 11.1. The first-order chi connectivity index (χ1) is 5.56. The first kappa shape index (κ1) is 9.68. The number of methoxy groups -OCH3 is 1. The Morgan fingerprint density at radius 3 is 2.67 bits per heavy atom. The lowest BCUT2D eigenvalue weighted by molar-refractivity contribution is -0.117. The molecule has 0 bridgehead atoms. The first-order valence-corrected chi connectivity index (χ1v) is 4.32. The molecule has 0 aromatic carbocycles. The SMILES string of the molecule is COCCN1CC(=O)CC1(C)C. The van der Waals surface area contributed by atoms with Crippen molar-refractivity contribution in [1.82, 2.24) is 4.90 Å². The summed E-state index contributed by atoms with van der Waals surface area (Å²) >= 11 is 0. The highest BCUT2D eigenvalue weighted by molar-refractivity contribution is 5.84. The Kier molecular flexibility index (Phi) is 2.85. The van der Waals surface area contributed by atoms with Crippen LogP contribution in [0, 0.1) is 0 Å². The molecule has 0 N–H and O–H groups in total. The number of rotatable bonds is 3. The van der Waals surface area contributed by atoms with Gasteiger partial charge in [-0.3, -0.25) is 9.69 Å². The molecule has 0 aliphatic carbocycles. The summed E-state index contributed by atoms with van der Waals surface area (Å²) in [5.74, 6) is 0.344. The van der Waals surface area contributed by atoms with Crippen molar-refractivity contribution in [3.63, 3.8) is 0 Å². The van der Waals surface area contributed by atoms with Gasteiger partial charge in [-0.2, -0.15) is 0 Å². The average Bonchev–Trinajstić information content (AvgIpc) is 2.20. The van der Waals surface area contributed by atoms with Crippen LogP contribution in [0.4, 0.5) is 0 Å². The third-order valence-corrected chi connectivity index (χ3v) is 2.42. The lowest BCUT2D eigenvalue weighted by Gasteiger charge is -2.29. The Morgan fingerprint density at radius 1 is 1.58 bits per heavy atom. The van der Waals surface area contributed by atoms with E-state index in [0.29, 0.717) is 25.4 Å². The second-order valence-electron chi connectivity index (χ2n) is 3.94. The molecule has 1 rings (SSSR count). The number of nitrogens with zero attached hydrogens (tertiary/aromatic N) is 1. The highest BCUT2D eigenvalue weighted by Crippen LogP contribution is 2.25. The monoisotopic (exact) mass is 171 g/mol. The van der Waals surface area contributed by atoms with Crippen LogP contribution in [0.3, 0.4) is 0 Å². The van der Waals surface area contributed by atoms with E-state index in [2.05, 4.69) is 18.7 Å². The van der Waals surface area contributed by atoms with E-state index in [1.54, 1.807) is 7.11 Å². The van der Waals surface area contributed by atoms with Crippen LogP contribution < -0.4 is 0 Å². The summed E-state index contributed by atoms with van der Waals surface area (Å²) in [7, 11) is 1.69. The normalized spacial score (nSPS) is 23.4. The van der Waals surface area contributed by atoms with Crippen LogP contribution in [0.15, 0.2) is 0 Å². The number of carbonyl (C=O) groups excluding carboxylic acids is 1. The quantitative estimate of drug-likeness (QED) is 0.625. The van der Waals surface area contributed by atoms with Gasteiger partial charge in [0.1, 0.15) is 5.78 Å². The molecule has 0 spiro atoms. The number of ether oxygens (including phenoxy) is 1. The minimum Gasteiger partial charge on any atom is -0.383 e. The zero-order valence-electron chi connectivity index (χ0n) is 8.09. The van der Waals surface area contributed by atoms with Crippen LogP contribution in [-0.2, 0) is 9.53 Å². The van der Waals surface area contributed by atoms with Gasteiger partial charge in [0.25, 0.3) is 0 Å². The van der Waals surface area contributed by atoms with Crippen molar-refractivity contribution in [2.24, 2.45) is 0 Å². The van der Waals surface area contributed by atoms with E-state index in [9.17, 15) is 4.79 Å². The third kappa shape index (κ3) is 2.05. The van der Waals surface area contributed by atoms with E-state index >= 15 is 0 Å². The Hall–Kier alpha value is -0.410. The molecule has 0 aromatic heterocycles. The molecule has 1 fully saturated rings. The molecule has 1 aliphatic rings. The smallest absolute Gasteiger partial charge is 0.148 e. The predicted octanol–water partition coefficient (Wildman–Crippen LogP) is 0.686. The number of likely N-dealkylation sites (tertiary alicyclic amines) is 1. The molecule has 1 saturated heterocycles. The van der Waals surface area contributed by atoms with Crippen LogP contribution in [0.1, 0.15) is 20.3 Å². The van der Waals surface area contributed by atoms with E-state index in [1.165, 1.54) is 0 Å².